The van der Waals surface area contributed by atoms with Crippen molar-refractivity contribution in [3.63, 3.8) is 0 Å². The number of pyridine rings is 1. The van der Waals surface area contributed by atoms with E-state index in [1.54, 1.807) is 24.4 Å². The summed E-state index contributed by atoms with van der Waals surface area (Å²) in [6.07, 6.45) is 8.12. The summed E-state index contributed by atoms with van der Waals surface area (Å²) in [6.45, 7) is 1.95. The third-order valence-corrected chi connectivity index (χ3v) is 8.54. The number of nitrogens with zero attached hydrogens (tertiary/aromatic N) is 4. The van der Waals surface area contributed by atoms with Gasteiger partial charge in [-0.3, -0.25) is 4.79 Å². The first-order chi connectivity index (χ1) is 17.4. The fourth-order valence-electron chi connectivity index (χ4n) is 5.55. The van der Waals surface area contributed by atoms with Crippen LogP contribution in [0.1, 0.15) is 42.9 Å². The van der Waals surface area contributed by atoms with Crippen LogP contribution in [0.15, 0.2) is 53.6 Å². The summed E-state index contributed by atoms with van der Waals surface area (Å²) < 4.78 is 2.10. The fraction of sp³-hybridized carbons (Fsp3) is 0.321. The van der Waals surface area contributed by atoms with E-state index in [2.05, 4.69) is 33.1 Å². The number of rotatable bonds is 4. The Balaban J connectivity index is 1.33. The smallest absolute Gasteiger partial charge is 0.231 e. The van der Waals surface area contributed by atoms with Gasteiger partial charge in [0.15, 0.2) is 0 Å². The van der Waals surface area contributed by atoms with E-state index in [0.717, 1.165) is 31.6 Å². The van der Waals surface area contributed by atoms with Crippen LogP contribution in [0.4, 0.5) is 11.6 Å². The molecule has 0 atom stereocenters. The lowest BCUT2D eigenvalue weighted by molar-refractivity contribution is 0.531. The fourth-order valence-corrected chi connectivity index (χ4v) is 6.15. The molecule has 1 aliphatic heterocycles. The molecule has 0 unspecified atom stereocenters. The van der Waals surface area contributed by atoms with Gasteiger partial charge in [0.05, 0.1) is 15.4 Å². The van der Waals surface area contributed by atoms with E-state index in [1.807, 2.05) is 18.1 Å². The van der Waals surface area contributed by atoms with Crippen molar-refractivity contribution < 1.29 is 0 Å². The van der Waals surface area contributed by atoms with Crippen molar-refractivity contribution in [3.8, 4) is 11.1 Å². The molecule has 2 saturated carbocycles. The Kier molecular flexibility index (Phi) is 4.97. The minimum Gasteiger partial charge on any atom is -0.328 e. The molecular weight excluding hydrogens is 493 g/mol. The summed E-state index contributed by atoms with van der Waals surface area (Å²) in [6, 6.07) is 12.3. The van der Waals surface area contributed by atoms with Crippen molar-refractivity contribution in [2.24, 2.45) is 0 Å². The van der Waals surface area contributed by atoms with Crippen LogP contribution < -0.4 is 15.6 Å². The summed E-state index contributed by atoms with van der Waals surface area (Å²) in [7, 11) is 1.98. The molecule has 36 heavy (non-hydrogen) atoms. The summed E-state index contributed by atoms with van der Waals surface area (Å²) in [5.41, 5.74) is 5.71. The second-order valence-corrected chi connectivity index (χ2v) is 11.1. The summed E-state index contributed by atoms with van der Waals surface area (Å²) in [4.78, 5) is 25.1. The van der Waals surface area contributed by atoms with Crippen LogP contribution >= 0.6 is 23.2 Å². The Morgan fingerprint density at radius 2 is 1.92 bits per heavy atom. The number of benzene rings is 2. The van der Waals surface area contributed by atoms with Crippen LogP contribution in [0.2, 0.25) is 10.0 Å². The van der Waals surface area contributed by atoms with E-state index < -0.39 is 0 Å². The number of fused-ring (bicyclic) bond motifs is 3. The highest BCUT2D eigenvalue weighted by Gasteiger charge is 2.46. The summed E-state index contributed by atoms with van der Waals surface area (Å²) >= 11 is 12.9. The van der Waals surface area contributed by atoms with Crippen molar-refractivity contribution in [1.82, 2.24) is 19.9 Å². The van der Waals surface area contributed by atoms with Gasteiger partial charge in [-0.15, -0.1) is 0 Å². The van der Waals surface area contributed by atoms with Crippen LogP contribution in [-0.4, -0.2) is 28.1 Å². The first-order valence-corrected chi connectivity index (χ1v) is 13.1. The van der Waals surface area contributed by atoms with E-state index in [0.29, 0.717) is 49.6 Å². The van der Waals surface area contributed by atoms with Gasteiger partial charge < -0.3 is 14.8 Å². The van der Waals surface area contributed by atoms with Gasteiger partial charge in [-0.1, -0.05) is 35.3 Å². The van der Waals surface area contributed by atoms with Gasteiger partial charge in [0, 0.05) is 60.8 Å². The Labute approximate surface area is 218 Å². The van der Waals surface area contributed by atoms with Crippen LogP contribution in [0, 0.1) is 0 Å². The van der Waals surface area contributed by atoms with Crippen molar-refractivity contribution in [1.29, 1.82) is 0 Å². The molecule has 182 valence electrons. The molecule has 8 heteroatoms. The van der Waals surface area contributed by atoms with E-state index in [1.165, 1.54) is 24.0 Å². The molecular formula is C28H25Cl2N5O. The highest BCUT2D eigenvalue weighted by atomic mass is 35.5. The molecule has 0 bridgehead atoms. The zero-order chi connectivity index (χ0) is 24.6. The van der Waals surface area contributed by atoms with Gasteiger partial charge in [0.25, 0.3) is 0 Å². The van der Waals surface area contributed by atoms with Gasteiger partial charge in [-0.25, -0.2) is 4.98 Å². The molecule has 2 aromatic heterocycles. The van der Waals surface area contributed by atoms with Crippen molar-refractivity contribution in [2.75, 3.05) is 18.5 Å². The maximum absolute atomic E-state index is 13.6. The van der Waals surface area contributed by atoms with Gasteiger partial charge in [-0.2, -0.15) is 4.98 Å². The van der Waals surface area contributed by atoms with Gasteiger partial charge >= 0.3 is 0 Å². The number of anilines is 2. The number of halogens is 2. The van der Waals surface area contributed by atoms with Crippen molar-refractivity contribution >= 4 is 45.9 Å². The Hall–Kier alpha value is -2.93. The third-order valence-electron chi connectivity index (χ3n) is 7.91. The quantitative estimate of drug-likeness (QED) is 0.359. The average Bonchev–Trinajstić information content (AvgIpc) is 3.82. The number of aromatic nitrogens is 3. The maximum atomic E-state index is 13.6. The number of hydrogen-bond donors (Lipinski definition) is 1. The highest BCUT2D eigenvalue weighted by Crippen LogP contribution is 2.51. The second kappa shape index (κ2) is 8.04. The lowest BCUT2D eigenvalue weighted by atomic mass is 9.88. The standard InChI is InChI=1S/C28H25Cl2N5O/c1-34(18-7-8-21-16(11-18)12-31-15-28(21)9-10-28)27-32-13-19-25(36)20(24-22(29)3-2-4-23(24)30)14-35(17-5-6-17)26(19)33-27/h2-4,7-8,11,13-14,17,31H,5-6,9-10,12,15H2,1H3. The molecule has 1 spiro atoms. The van der Waals surface area contributed by atoms with Gasteiger partial charge in [0.1, 0.15) is 5.65 Å². The first-order valence-electron chi connectivity index (χ1n) is 12.4. The van der Waals surface area contributed by atoms with Gasteiger partial charge in [0.2, 0.25) is 11.4 Å². The molecule has 2 aromatic carbocycles. The minimum atomic E-state index is -0.166. The molecule has 3 heterocycles. The zero-order valence-electron chi connectivity index (χ0n) is 19.9. The maximum Gasteiger partial charge on any atom is 0.231 e. The topological polar surface area (TPSA) is 63.1 Å². The molecule has 0 saturated heterocycles. The largest absolute Gasteiger partial charge is 0.328 e. The third kappa shape index (κ3) is 3.46. The van der Waals surface area contributed by atoms with Crippen molar-refractivity contribution in [2.45, 2.75) is 43.7 Å². The predicted molar refractivity (Wildman–Crippen MR) is 145 cm³/mol. The van der Waals surface area contributed by atoms with Crippen LogP contribution in [-0.2, 0) is 12.0 Å². The molecule has 2 fully saturated rings. The van der Waals surface area contributed by atoms with Gasteiger partial charge in [-0.05, 0) is 61.1 Å². The molecule has 0 amide bonds. The normalized spacial score (nSPS) is 17.9. The Morgan fingerprint density at radius 1 is 1.14 bits per heavy atom. The molecule has 7 rings (SSSR count). The number of nitrogens with one attached hydrogen (secondary N) is 1. The summed E-state index contributed by atoms with van der Waals surface area (Å²) in [5.74, 6) is 0.560. The lowest BCUT2D eigenvalue weighted by Crippen LogP contribution is -2.33. The predicted octanol–water partition coefficient (Wildman–Crippen LogP) is 6.00. The van der Waals surface area contributed by atoms with E-state index >= 15 is 0 Å². The summed E-state index contributed by atoms with van der Waals surface area (Å²) in [5, 5.41) is 4.95. The second-order valence-electron chi connectivity index (χ2n) is 10.3. The zero-order valence-corrected chi connectivity index (χ0v) is 21.4. The van der Waals surface area contributed by atoms with E-state index in [9.17, 15) is 4.79 Å². The minimum absolute atomic E-state index is 0.166. The Morgan fingerprint density at radius 3 is 2.64 bits per heavy atom. The van der Waals surface area contributed by atoms with Crippen molar-refractivity contribution in [3.05, 3.63) is 80.2 Å². The molecule has 1 N–H and O–H groups in total. The number of hydrogen-bond acceptors (Lipinski definition) is 5. The molecule has 4 aromatic rings. The van der Waals surface area contributed by atoms with E-state index in [4.69, 9.17) is 28.2 Å². The van der Waals surface area contributed by atoms with Crippen LogP contribution in [0.3, 0.4) is 0 Å². The Bertz CT molecular complexity index is 1590. The van der Waals surface area contributed by atoms with E-state index in [-0.39, 0.29) is 5.43 Å². The first kappa shape index (κ1) is 22.3. The highest BCUT2D eigenvalue weighted by molar-refractivity contribution is 6.39. The molecule has 0 radical (unpaired) electrons. The monoisotopic (exact) mass is 517 g/mol. The lowest BCUT2D eigenvalue weighted by Gasteiger charge is -2.28. The molecule has 6 nitrogen and oxygen atoms in total. The van der Waals surface area contributed by atoms with Crippen LogP contribution in [0.5, 0.6) is 0 Å². The average molecular weight is 518 g/mol. The SMILES string of the molecule is CN(c1ccc2c(c1)CNCC21CC1)c1ncc2c(=O)c(-c3c(Cl)cccc3Cl)cn(C3CC3)c2n1. The molecule has 2 aliphatic carbocycles. The molecule has 3 aliphatic rings. The van der Waals surface area contributed by atoms with Crippen LogP contribution in [0.25, 0.3) is 22.2 Å².